The van der Waals surface area contributed by atoms with Gasteiger partial charge in [0.05, 0.1) is 12.1 Å². The predicted molar refractivity (Wildman–Crippen MR) is 58.9 cm³/mol. The maximum atomic E-state index is 11.4. The zero-order chi connectivity index (χ0) is 9.26. The zero-order valence-corrected chi connectivity index (χ0v) is 8.62. The Hall–Kier alpha value is -1.35. The number of rotatable bonds is 1. The van der Waals surface area contributed by atoms with E-state index in [1.54, 1.807) is 0 Å². The molecule has 0 bridgehead atoms. The highest BCUT2D eigenvalue weighted by Crippen LogP contribution is 2.19. The van der Waals surface area contributed by atoms with Crippen LogP contribution < -0.4 is 5.01 Å². The summed E-state index contributed by atoms with van der Waals surface area (Å²) < 4.78 is 0. The molecule has 1 aromatic carbocycles. The lowest BCUT2D eigenvalue weighted by Gasteiger charge is -2.10. The van der Waals surface area contributed by atoms with E-state index < -0.39 is 0 Å². The van der Waals surface area contributed by atoms with E-state index in [0.717, 1.165) is 11.4 Å². The summed E-state index contributed by atoms with van der Waals surface area (Å²) in [7, 11) is 0. The van der Waals surface area contributed by atoms with E-state index in [0.29, 0.717) is 6.42 Å². The largest absolute Gasteiger partial charge is 0.272 e. The van der Waals surface area contributed by atoms with Crippen molar-refractivity contribution in [3.05, 3.63) is 30.3 Å². The first-order valence-electron chi connectivity index (χ1n) is 4.19. The molecule has 0 radical (unpaired) electrons. The van der Waals surface area contributed by atoms with Crippen LogP contribution in [-0.4, -0.2) is 11.6 Å². The third-order valence-corrected chi connectivity index (χ3v) is 1.91. The van der Waals surface area contributed by atoms with Crippen LogP contribution in [0, 0.1) is 0 Å². The molecule has 0 N–H and O–H groups in total. The molecule has 0 spiro atoms. The predicted octanol–water partition coefficient (Wildman–Crippen LogP) is 2.22. The molecule has 74 valence electrons. The molecule has 0 aliphatic carbocycles. The fourth-order valence-corrected chi connectivity index (χ4v) is 1.33. The maximum absolute atomic E-state index is 11.4. The van der Waals surface area contributed by atoms with Gasteiger partial charge in [-0.2, -0.15) is 5.10 Å². The van der Waals surface area contributed by atoms with Crippen LogP contribution in [0.15, 0.2) is 35.4 Å². The summed E-state index contributed by atoms with van der Waals surface area (Å²) >= 11 is 0. The minimum atomic E-state index is 0. The van der Waals surface area contributed by atoms with Gasteiger partial charge in [0.2, 0.25) is 0 Å². The highest BCUT2D eigenvalue weighted by molar-refractivity contribution is 6.12. The second-order valence-electron chi connectivity index (χ2n) is 3.05. The van der Waals surface area contributed by atoms with Crippen molar-refractivity contribution in [2.45, 2.75) is 13.3 Å². The number of benzene rings is 1. The van der Waals surface area contributed by atoms with E-state index in [1.165, 1.54) is 5.01 Å². The summed E-state index contributed by atoms with van der Waals surface area (Å²) in [5.74, 6) is 0.0451. The summed E-state index contributed by atoms with van der Waals surface area (Å²) in [6, 6.07) is 9.46. The number of hydrogen-bond donors (Lipinski definition) is 0. The molecule has 1 aliphatic rings. The number of para-hydroxylation sites is 1. The summed E-state index contributed by atoms with van der Waals surface area (Å²) in [5, 5.41) is 5.59. The first-order valence-corrected chi connectivity index (χ1v) is 4.19. The van der Waals surface area contributed by atoms with Crippen molar-refractivity contribution in [1.82, 2.24) is 0 Å². The molecule has 2 rings (SSSR count). The lowest BCUT2D eigenvalue weighted by atomic mass is 10.3. The van der Waals surface area contributed by atoms with Crippen LogP contribution in [0.5, 0.6) is 0 Å². The molecule has 0 unspecified atom stereocenters. The van der Waals surface area contributed by atoms with Gasteiger partial charge in [0.15, 0.2) is 0 Å². The highest BCUT2D eigenvalue weighted by Gasteiger charge is 2.21. The van der Waals surface area contributed by atoms with E-state index in [-0.39, 0.29) is 18.3 Å². The molecular formula is C10H11ClN2O. The number of nitrogens with zero attached hydrogens (tertiary/aromatic N) is 2. The van der Waals surface area contributed by atoms with Crippen molar-refractivity contribution in [3.8, 4) is 0 Å². The van der Waals surface area contributed by atoms with Gasteiger partial charge in [0, 0.05) is 5.71 Å². The Kier molecular flexibility index (Phi) is 3.25. The molecule has 0 fully saturated rings. The molecular weight excluding hydrogens is 200 g/mol. The smallest absolute Gasteiger partial charge is 0.253 e. The van der Waals surface area contributed by atoms with E-state index in [9.17, 15) is 4.79 Å². The van der Waals surface area contributed by atoms with Crippen LogP contribution in [-0.2, 0) is 4.79 Å². The number of anilines is 1. The van der Waals surface area contributed by atoms with Gasteiger partial charge in [-0.1, -0.05) is 18.2 Å². The summed E-state index contributed by atoms with van der Waals surface area (Å²) in [6.45, 7) is 1.86. The molecule has 1 heterocycles. The fraction of sp³-hybridized carbons (Fsp3) is 0.200. The lowest BCUT2D eigenvalue weighted by molar-refractivity contribution is -0.116. The van der Waals surface area contributed by atoms with Gasteiger partial charge >= 0.3 is 0 Å². The van der Waals surface area contributed by atoms with Gasteiger partial charge in [-0.3, -0.25) is 4.79 Å². The second kappa shape index (κ2) is 4.24. The van der Waals surface area contributed by atoms with Crippen molar-refractivity contribution >= 4 is 29.7 Å². The first kappa shape index (κ1) is 10.7. The average Bonchev–Trinajstić information content (AvgIpc) is 2.47. The minimum absolute atomic E-state index is 0. The molecule has 0 saturated carbocycles. The third kappa shape index (κ3) is 1.93. The zero-order valence-electron chi connectivity index (χ0n) is 7.80. The number of carbonyl (C=O) groups is 1. The van der Waals surface area contributed by atoms with Crippen LogP contribution >= 0.6 is 12.4 Å². The van der Waals surface area contributed by atoms with Gasteiger partial charge in [0.1, 0.15) is 0 Å². The van der Waals surface area contributed by atoms with Crippen molar-refractivity contribution in [1.29, 1.82) is 0 Å². The van der Waals surface area contributed by atoms with Crippen molar-refractivity contribution in [2.75, 3.05) is 5.01 Å². The Bertz CT molecular complexity index is 362. The molecule has 1 amide bonds. The molecule has 1 aromatic rings. The molecule has 14 heavy (non-hydrogen) atoms. The molecule has 0 aromatic heterocycles. The van der Waals surface area contributed by atoms with Crippen LogP contribution in [0.25, 0.3) is 0 Å². The van der Waals surface area contributed by atoms with Crippen LogP contribution in [0.2, 0.25) is 0 Å². The standard InChI is InChI=1S/C10H10N2O.ClH/c1-8-7-10(13)12(11-8)9-5-3-2-4-6-9;/h2-6H,7H2,1H3;1H. The average molecular weight is 211 g/mol. The Balaban J connectivity index is 0.000000980. The monoisotopic (exact) mass is 210 g/mol. The van der Waals surface area contributed by atoms with Gasteiger partial charge < -0.3 is 0 Å². The topological polar surface area (TPSA) is 32.7 Å². The number of amides is 1. The third-order valence-electron chi connectivity index (χ3n) is 1.91. The van der Waals surface area contributed by atoms with E-state index in [4.69, 9.17) is 0 Å². The van der Waals surface area contributed by atoms with Gasteiger partial charge in [-0.25, -0.2) is 5.01 Å². The molecule has 3 nitrogen and oxygen atoms in total. The SMILES string of the molecule is CC1=NN(c2ccccc2)C(=O)C1.Cl. The Labute approximate surface area is 88.8 Å². The summed E-state index contributed by atoms with van der Waals surface area (Å²) in [5.41, 5.74) is 1.71. The number of carbonyl (C=O) groups excluding carboxylic acids is 1. The normalized spacial score (nSPS) is 15.1. The number of hydrazone groups is 1. The van der Waals surface area contributed by atoms with Crippen molar-refractivity contribution in [2.24, 2.45) is 5.10 Å². The van der Waals surface area contributed by atoms with E-state index >= 15 is 0 Å². The van der Waals surface area contributed by atoms with E-state index in [2.05, 4.69) is 5.10 Å². The summed E-state index contributed by atoms with van der Waals surface area (Å²) in [4.78, 5) is 11.4. The lowest BCUT2D eigenvalue weighted by Crippen LogP contribution is -2.19. The summed E-state index contributed by atoms with van der Waals surface area (Å²) in [6.07, 6.45) is 0.439. The molecule has 1 aliphatic heterocycles. The Morgan fingerprint density at radius 2 is 1.93 bits per heavy atom. The quantitative estimate of drug-likeness (QED) is 0.700. The van der Waals surface area contributed by atoms with Gasteiger partial charge in [-0.05, 0) is 19.1 Å². The number of hydrogen-bond acceptors (Lipinski definition) is 2. The van der Waals surface area contributed by atoms with Gasteiger partial charge in [-0.15, -0.1) is 12.4 Å². The second-order valence-corrected chi connectivity index (χ2v) is 3.05. The Morgan fingerprint density at radius 3 is 2.43 bits per heavy atom. The van der Waals surface area contributed by atoms with Crippen LogP contribution in [0.1, 0.15) is 13.3 Å². The van der Waals surface area contributed by atoms with Crippen molar-refractivity contribution in [3.63, 3.8) is 0 Å². The van der Waals surface area contributed by atoms with Crippen molar-refractivity contribution < 1.29 is 4.79 Å². The minimum Gasteiger partial charge on any atom is -0.272 e. The molecule has 4 heteroatoms. The first-order chi connectivity index (χ1) is 6.27. The maximum Gasteiger partial charge on any atom is 0.253 e. The van der Waals surface area contributed by atoms with Gasteiger partial charge in [0.25, 0.3) is 5.91 Å². The molecule has 0 atom stereocenters. The van der Waals surface area contributed by atoms with E-state index in [1.807, 2.05) is 37.3 Å². The fourth-order valence-electron chi connectivity index (χ4n) is 1.33. The van der Waals surface area contributed by atoms with Crippen LogP contribution in [0.4, 0.5) is 5.69 Å². The highest BCUT2D eigenvalue weighted by atomic mass is 35.5. The van der Waals surface area contributed by atoms with Crippen LogP contribution in [0.3, 0.4) is 0 Å². The Morgan fingerprint density at radius 1 is 1.29 bits per heavy atom. The number of halogens is 1. The molecule has 0 saturated heterocycles.